The maximum atomic E-state index is 12.3. The molecule has 0 atom stereocenters. The van der Waals surface area contributed by atoms with Gasteiger partial charge in [-0.1, -0.05) is 22.9 Å². The largest absolute Gasteiger partial charge is 0.398 e. The molecule has 20 heavy (non-hydrogen) atoms. The number of anilines is 1. The molecule has 0 aliphatic rings. The van der Waals surface area contributed by atoms with Gasteiger partial charge in [0.05, 0.1) is 5.69 Å². The number of benzene rings is 1. The minimum Gasteiger partial charge on any atom is -0.398 e. The molecule has 0 amide bonds. The second-order valence-electron chi connectivity index (χ2n) is 4.23. The Labute approximate surface area is 131 Å². The maximum absolute atomic E-state index is 12.3. The number of sulfonamides is 1. The minimum absolute atomic E-state index is 0.0986. The lowest BCUT2D eigenvalue weighted by Crippen LogP contribution is -2.24. The molecule has 2 rings (SSSR count). The SMILES string of the molecule is CCc1ccsc1CNS(=O)(=O)c1cc(Br)ccc1N. The number of thiophene rings is 1. The van der Waals surface area contributed by atoms with Gasteiger partial charge in [0.1, 0.15) is 4.90 Å². The van der Waals surface area contributed by atoms with Crippen LogP contribution in [0.2, 0.25) is 0 Å². The van der Waals surface area contributed by atoms with Crippen molar-refractivity contribution >= 4 is 43.0 Å². The molecule has 0 fully saturated rings. The van der Waals surface area contributed by atoms with Crippen molar-refractivity contribution in [3.05, 3.63) is 44.6 Å². The molecular weight excluding hydrogens is 360 g/mol. The Bertz CT molecular complexity index is 711. The van der Waals surface area contributed by atoms with E-state index in [1.165, 1.54) is 11.6 Å². The predicted octanol–water partition coefficient (Wildman–Crippen LogP) is 3.13. The summed E-state index contributed by atoms with van der Waals surface area (Å²) in [5.41, 5.74) is 7.15. The summed E-state index contributed by atoms with van der Waals surface area (Å²) in [6.07, 6.45) is 0.888. The molecule has 0 bridgehead atoms. The first-order valence-corrected chi connectivity index (χ1v) is 9.19. The summed E-state index contributed by atoms with van der Waals surface area (Å²) >= 11 is 4.81. The van der Waals surface area contributed by atoms with Crippen LogP contribution in [0.15, 0.2) is 39.0 Å². The van der Waals surface area contributed by atoms with Gasteiger partial charge in [-0.25, -0.2) is 13.1 Å². The molecule has 4 nitrogen and oxygen atoms in total. The molecule has 0 aliphatic carbocycles. The van der Waals surface area contributed by atoms with E-state index >= 15 is 0 Å². The van der Waals surface area contributed by atoms with E-state index in [1.54, 1.807) is 23.5 Å². The predicted molar refractivity (Wildman–Crippen MR) is 86.3 cm³/mol. The molecule has 108 valence electrons. The zero-order valence-electron chi connectivity index (χ0n) is 10.9. The first kappa shape index (κ1) is 15.5. The Kier molecular flexibility index (Phi) is 4.85. The highest BCUT2D eigenvalue weighted by Gasteiger charge is 2.18. The molecule has 0 saturated heterocycles. The van der Waals surface area contributed by atoms with Crippen LogP contribution in [0.4, 0.5) is 5.69 Å². The fraction of sp³-hybridized carbons (Fsp3) is 0.231. The first-order valence-electron chi connectivity index (χ1n) is 6.04. The molecular formula is C13H15BrN2O2S2. The number of halogens is 1. The standard InChI is InChI=1S/C13H15BrN2O2S2/c1-2-9-5-6-19-12(9)8-16-20(17,18)13-7-10(14)3-4-11(13)15/h3-7,16H,2,8,15H2,1H3. The summed E-state index contributed by atoms with van der Waals surface area (Å²) in [6, 6.07) is 6.80. The molecule has 1 aromatic heterocycles. The lowest BCUT2D eigenvalue weighted by Gasteiger charge is -2.09. The fourth-order valence-electron chi connectivity index (χ4n) is 1.82. The third kappa shape index (κ3) is 3.41. The summed E-state index contributed by atoms with van der Waals surface area (Å²) in [7, 11) is -3.61. The fourth-order valence-corrected chi connectivity index (χ4v) is 4.49. The Morgan fingerprint density at radius 2 is 2.10 bits per heavy atom. The monoisotopic (exact) mass is 374 g/mol. The van der Waals surface area contributed by atoms with Crippen LogP contribution in [0.3, 0.4) is 0 Å². The molecule has 1 heterocycles. The number of aryl methyl sites for hydroxylation is 1. The van der Waals surface area contributed by atoms with Gasteiger partial charge in [0, 0.05) is 15.9 Å². The van der Waals surface area contributed by atoms with Gasteiger partial charge in [-0.2, -0.15) is 0 Å². The molecule has 1 aromatic carbocycles. The highest BCUT2D eigenvalue weighted by atomic mass is 79.9. The lowest BCUT2D eigenvalue weighted by atomic mass is 10.2. The van der Waals surface area contributed by atoms with Crippen LogP contribution in [0.1, 0.15) is 17.4 Å². The number of hydrogen-bond acceptors (Lipinski definition) is 4. The van der Waals surface area contributed by atoms with Crippen LogP contribution >= 0.6 is 27.3 Å². The first-order chi connectivity index (χ1) is 9.44. The number of rotatable bonds is 5. The normalized spacial score (nSPS) is 11.7. The second-order valence-corrected chi connectivity index (χ2v) is 7.88. The van der Waals surface area contributed by atoms with Gasteiger partial charge in [0.2, 0.25) is 10.0 Å². The van der Waals surface area contributed by atoms with Gasteiger partial charge in [0.15, 0.2) is 0 Å². The van der Waals surface area contributed by atoms with Crippen LogP contribution in [0.5, 0.6) is 0 Å². The van der Waals surface area contributed by atoms with Gasteiger partial charge in [-0.15, -0.1) is 11.3 Å². The average molecular weight is 375 g/mol. The number of hydrogen-bond donors (Lipinski definition) is 2. The van der Waals surface area contributed by atoms with Crippen molar-refractivity contribution in [1.82, 2.24) is 4.72 Å². The van der Waals surface area contributed by atoms with Crippen LogP contribution in [-0.2, 0) is 23.0 Å². The van der Waals surface area contributed by atoms with Crippen molar-refractivity contribution in [2.45, 2.75) is 24.8 Å². The second kappa shape index (κ2) is 6.26. The van der Waals surface area contributed by atoms with E-state index in [1.807, 2.05) is 18.4 Å². The molecule has 0 radical (unpaired) electrons. The van der Waals surface area contributed by atoms with Crippen molar-refractivity contribution in [2.24, 2.45) is 0 Å². The number of nitrogens with two attached hydrogens (primary N) is 1. The van der Waals surface area contributed by atoms with Crippen molar-refractivity contribution in [1.29, 1.82) is 0 Å². The summed E-state index contributed by atoms with van der Waals surface area (Å²) in [4.78, 5) is 1.13. The quantitative estimate of drug-likeness (QED) is 0.789. The van der Waals surface area contributed by atoms with E-state index in [-0.39, 0.29) is 17.1 Å². The lowest BCUT2D eigenvalue weighted by molar-refractivity contribution is 0.582. The third-order valence-corrected chi connectivity index (χ3v) is 5.82. The van der Waals surface area contributed by atoms with Crippen LogP contribution in [0.25, 0.3) is 0 Å². The molecule has 0 aliphatic heterocycles. The minimum atomic E-state index is -3.61. The smallest absolute Gasteiger partial charge is 0.242 e. The van der Waals surface area contributed by atoms with Gasteiger partial charge >= 0.3 is 0 Å². The van der Waals surface area contributed by atoms with Crippen molar-refractivity contribution in [3.63, 3.8) is 0 Å². The van der Waals surface area contributed by atoms with Crippen molar-refractivity contribution in [2.75, 3.05) is 5.73 Å². The molecule has 0 unspecified atom stereocenters. The average Bonchev–Trinajstić information content (AvgIpc) is 2.86. The van der Waals surface area contributed by atoms with E-state index in [9.17, 15) is 8.42 Å². The Morgan fingerprint density at radius 3 is 2.80 bits per heavy atom. The molecule has 7 heteroatoms. The van der Waals surface area contributed by atoms with Gasteiger partial charge < -0.3 is 5.73 Å². The summed E-state index contributed by atoms with van der Waals surface area (Å²) < 4.78 is 27.9. The van der Waals surface area contributed by atoms with E-state index in [0.717, 1.165) is 11.3 Å². The Balaban J connectivity index is 2.21. The molecule has 3 N–H and O–H groups in total. The Morgan fingerprint density at radius 1 is 1.35 bits per heavy atom. The highest BCUT2D eigenvalue weighted by Crippen LogP contribution is 2.24. The van der Waals surface area contributed by atoms with Crippen LogP contribution in [-0.4, -0.2) is 8.42 Å². The van der Waals surface area contributed by atoms with Gasteiger partial charge in [-0.05, 0) is 41.6 Å². The van der Waals surface area contributed by atoms with Crippen molar-refractivity contribution < 1.29 is 8.42 Å². The highest BCUT2D eigenvalue weighted by molar-refractivity contribution is 9.10. The van der Waals surface area contributed by atoms with Crippen molar-refractivity contribution in [3.8, 4) is 0 Å². The van der Waals surface area contributed by atoms with Gasteiger partial charge in [0.25, 0.3) is 0 Å². The third-order valence-electron chi connectivity index (χ3n) is 2.91. The molecule has 0 spiro atoms. The zero-order valence-corrected chi connectivity index (χ0v) is 14.1. The Hall–Kier alpha value is -0.890. The number of nitrogens with one attached hydrogen (secondary N) is 1. The van der Waals surface area contributed by atoms with Crippen LogP contribution in [0, 0.1) is 0 Å². The van der Waals surface area contributed by atoms with Gasteiger partial charge in [-0.3, -0.25) is 0 Å². The molecule has 2 aromatic rings. The summed E-state index contributed by atoms with van der Waals surface area (Å²) in [6.45, 7) is 2.33. The topological polar surface area (TPSA) is 72.2 Å². The van der Waals surface area contributed by atoms with E-state index in [0.29, 0.717) is 4.47 Å². The number of nitrogen functional groups attached to an aromatic ring is 1. The van der Waals surface area contributed by atoms with E-state index in [4.69, 9.17) is 5.73 Å². The summed E-state index contributed by atoms with van der Waals surface area (Å²) in [5.74, 6) is 0. The molecule has 0 saturated carbocycles. The van der Waals surface area contributed by atoms with Crippen LogP contribution < -0.4 is 10.5 Å². The zero-order chi connectivity index (χ0) is 14.8. The van der Waals surface area contributed by atoms with E-state index in [2.05, 4.69) is 20.7 Å². The van der Waals surface area contributed by atoms with E-state index < -0.39 is 10.0 Å². The summed E-state index contributed by atoms with van der Waals surface area (Å²) in [5, 5.41) is 1.97. The maximum Gasteiger partial charge on any atom is 0.242 e.